The number of nitrogens with zero attached hydrogens (tertiary/aromatic N) is 2. The molecule has 1 aromatic heterocycles. The third-order valence-corrected chi connectivity index (χ3v) is 8.81. The number of ether oxygens (including phenoxy) is 3. The molecule has 0 radical (unpaired) electrons. The minimum Gasteiger partial charge on any atom is -0.490 e. The molecule has 0 unspecified atom stereocenters. The summed E-state index contributed by atoms with van der Waals surface area (Å²) in [5.74, 6) is -2.48. The van der Waals surface area contributed by atoms with E-state index in [0.717, 1.165) is 17.0 Å². The van der Waals surface area contributed by atoms with E-state index >= 15 is 0 Å². The van der Waals surface area contributed by atoms with Crippen LogP contribution in [0.2, 0.25) is 0 Å². The quantitative estimate of drug-likeness (QED) is 0.147. The van der Waals surface area contributed by atoms with Crippen molar-refractivity contribution < 1.29 is 68.4 Å². The molecule has 0 bridgehead atoms. The fraction of sp³-hybridized carbons (Fsp3) is 0.457. The maximum absolute atomic E-state index is 14.1. The number of methoxy groups -OCH3 is 1. The Morgan fingerprint density at radius 2 is 1.53 bits per heavy atom. The number of carbonyl (C=O) groups is 2. The molecule has 2 aromatic carbocycles. The van der Waals surface area contributed by atoms with E-state index in [2.05, 4.69) is 4.98 Å². The summed E-state index contributed by atoms with van der Waals surface area (Å²) in [6, 6.07) is 4.76. The summed E-state index contributed by atoms with van der Waals surface area (Å²) in [5.41, 5.74) is -1.61. The standard InChI is InChI=1S/C35H36F9N3O6/c1-5-32(45)16-26(25-15-21(33(36,37)38)6-7-27(25)47(32)30(50)53-18-31(2,3)29(48)49)28-20(13-24(17-46-28)52-9-8-51-4)10-19-11-22(34(39,40)41)14-23(12-19)35(42,43)44/h6-7,11-15,17,26H,5,8-10,16,18,45H2,1-4H3,(H,48,49)/t26-,32+/m0/s1. The van der Waals surface area contributed by atoms with Crippen molar-refractivity contribution in [1.29, 1.82) is 0 Å². The van der Waals surface area contributed by atoms with Gasteiger partial charge in [0.05, 0.1) is 46.3 Å². The molecule has 3 N–H and O–H groups in total. The number of fused-ring (bicyclic) bond motifs is 1. The number of aromatic nitrogens is 1. The van der Waals surface area contributed by atoms with Crippen molar-refractivity contribution in [1.82, 2.24) is 4.98 Å². The van der Waals surface area contributed by atoms with Crippen LogP contribution in [0.25, 0.3) is 0 Å². The largest absolute Gasteiger partial charge is 0.490 e. The van der Waals surface area contributed by atoms with Gasteiger partial charge in [-0.15, -0.1) is 0 Å². The molecule has 0 saturated carbocycles. The van der Waals surface area contributed by atoms with E-state index in [1.165, 1.54) is 33.2 Å². The van der Waals surface area contributed by atoms with Crippen LogP contribution in [-0.2, 0) is 39.2 Å². The predicted octanol–water partition coefficient (Wildman–Crippen LogP) is 8.41. The van der Waals surface area contributed by atoms with E-state index in [-0.39, 0.29) is 60.4 Å². The second-order valence-corrected chi connectivity index (χ2v) is 13.2. The minimum absolute atomic E-state index is 0.00147. The number of pyridine rings is 1. The molecule has 53 heavy (non-hydrogen) atoms. The number of aliphatic carboxylic acids is 1. The number of benzene rings is 2. The van der Waals surface area contributed by atoms with Gasteiger partial charge in [-0.3, -0.25) is 14.7 Å². The molecular formula is C35H36F9N3O6. The van der Waals surface area contributed by atoms with E-state index in [0.29, 0.717) is 18.2 Å². The SMILES string of the molecule is CC[C@]1(N)C[C@H](c2ncc(OCCOC)cc2Cc2cc(C(F)(F)F)cc(C(F)(F)F)c2)c2cc(C(F)(F)F)ccc2N1C(=O)OCC(C)(C)C(=O)O. The van der Waals surface area contributed by atoms with Crippen molar-refractivity contribution in [3.63, 3.8) is 0 Å². The van der Waals surface area contributed by atoms with Crippen LogP contribution in [0.4, 0.5) is 50.0 Å². The van der Waals surface area contributed by atoms with Crippen LogP contribution in [0.1, 0.15) is 78.6 Å². The van der Waals surface area contributed by atoms with Crippen molar-refractivity contribution in [2.75, 3.05) is 31.8 Å². The molecule has 2 heterocycles. The molecule has 0 fully saturated rings. The highest BCUT2D eigenvalue weighted by Gasteiger charge is 2.48. The van der Waals surface area contributed by atoms with Crippen LogP contribution in [-0.4, -0.2) is 54.7 Å². The van der Waals surface area contributed by atoms with Crippen LogP contribution in [0.5, 0.6) is 5.75 Å². The van der Waals surface area contributed by atoms with E-state index in [1.807, 2.05) is 0 Å². The molecule has 290 valence electrons. The molecule has 1 aliphatic heterocycles. The van der Waals surface area contributed by atoms with Gasteiger partial charge in [-0.1, -0.05) is 6.92 Å². The monoisotopic (exact) mass is 765 g/mol. The fourth-order valence-electron chi connectivity index (χ4n) is 5.82. The lowest BCUT2D eigenvalue weighted by Crippen LogP contribution is -2.62. The van der Waals surface area contributed by atoms with Crippen LogP contribution in [0.3, 0.4) is 0 Å². The first kappa shape index (κ1) is 41.2. The number of carboxylic acid groups (broad SMARTS) is 1. The maximum Gasteiger partial charge on any atom is 0.416 e. The van der Waals surface area contributed by atoms with Crippen LogP contribution >= 0.6 is 0 Å². The number of hydrogen-bond acceptors (Lipinski definition) is 7. The molecular weight excluding hydrogens is 729 g/mol. The van der Waals surface area contributed by atoms with E-state index < -0.39 is 82.9 Å². The minimum atomic E-state index is -5.16. The molecule has 0 spiro atoms. The number of alkyl halides is 9. The lowest BCUT2D eigenvalue weighted by molar-refractivity contribution is -0.149. The molecule has 3 aromatic rings. The van der Waals surface area contributed by atoms with Gasteiger partial charge in [-0.2, -0.15) is 39.5 Å². The van der Waals surface area contributed by atoms with Crippen LogP contribution in [0, 0.1) is 5.41 Å². The third kappa shape index (κ3) is 9.33. The number of anilines is 1. The second kappa shape index (κ2) is 15.0. The Morgan fingerprint density at radius 1 is 0.925 bits per heavy atom. The number of carbonyl (C=O) groups excluding carboxylic acids is 1. The van der Waals surface area contributed by atoms with Gasteiger partial charge in [0.2, 0.25) is 0 Å². The Bertz CT molecular complexity index is 1800. The van der Waals surface area contributed by atoms with Crippen molar-refractivity contribution >= 4 is 17.7 Å². The van der Waals surface area contributed by atoms with E-state index in [9.17, 15) is 54.2 Å². The van der Waals surface area contributed by atoms with Crippen LogP contribution < -0.4 is 15.4 Å². The Labute approximate surface area is 297 Å². The highest BCUT2D eigenvalue weighted by Crippen LogP contribution is 2.49. The smallest absolute Gasteiger partial charge is 0.416 e. The van der Waals surface area contributed by atoms with Gasteiger partial charge in [-0.05, 0) is 92.3 Å². The highest BCUT2D eigenvalue weighted by atomic mass is 19.4. The number of halogens is 9. The molecule has 2 atom stereocenters. The molecule has 4 rings (SSSR count). The van der Waals surface area contributed by atoms with Gasteiger partial charge < -0.3 is 25.1 Å². The molecule has 1 amide bonds. The Balaban J connectivity index is 1.95. The third-order valence-electron chi connectivity index (χ3n) is 8.81. The lowest BCUT2D eigenvalue weighted by atomic mass is 9.77. The molecule has 18 heteroatoms. The average molecular weight is 766 g/mol. The molecule has 9 nitrogen and oxygen atoms in total. The van der Waals surface area contributed by atoms with E-state index in [4.69, 9.17) is 19.9 Å². The zero-order chi connectivity index (χ0) is 39.7. The lowest BCUT2D eigenvalue weighted by Gasteiger charge is -2.47. The predicted molar refractivity (Wildman–Crippen MR) is 171 cm³/mol. The normalized spacial score (nSPS) is 18.1. The number of carboxylic acids is 1. The van der Waals surface area contributed by atoms with Gasteiger partial charge in [-0.25, -0.2) is 4.79 Å². The molecule has 1 aliphatic rings. The summed E-state index contributed by atoms with van der Waals surface area (Å²) in [6.07, 6.45) is -16.2. The fourth-order valence-corrected chi connectivity index (χ4v) is 5.82. The Hall–Kier alpha value is -4.58. The first-order chi connectivity index (χ1) is 24.4. The number of nitrogens with two attached hydrogens (primary N) is 1. The summed E-state index contributed by atoms with van der Waals surface area (Å²) < 4.78 is 141. The Morgan fingerprint density at radius 3 is 2.06 bits per heavy atom. The summed E-state index contributed by atoms with van der Waals surface area (Å²) in [7, 11) is 1.39. The van der Waals surface area contributed by atoms with E-state index in [1.54, 1.807) is 6.92 Å². The van der Waals surface area contributed by atoms with Crippen molar-refractivity contribution in [2.24, 2.45) is 11.1 Å². The van der Waals surface area contributed by atoms with Gasteiger partial charge >= 0.3 is 30.6 Å². The van der Waals surface area contributed by atoms with Crippen molar-refractivity contribution in [3.05, 3.63) is 87.7 Å². The first-order valence-corrected chi connectivity index (χ1v) is 16.0. The van der Waals surface area contributed by atoms with Crippen LogP contribution in [0.15, 0.2) is 48.7 Å². The van der Waals surface area contributed by atoms with Gasteiger partial charge in [0.25, 0.3) is 0 Å². The highest BCUT2D eigenvalue weighted by molar-refractivity contribution is 5.92. The number of rotatable bonds is 11. The average Bonchev–Trinajstić information content (AvgIpc) is 3.05. The number of amides is 1. The second-order valence-electron chi connectivity index (χ2n) is 13.2. The van der Waals surface area contributed by atoms with Gasteiger partial charge in [0.1, 0.15) is 24.6 Å². The summed E-state index contributed by atoms with van der Waals surface area (Å²) in [4.78, 5) is 30.6. The van der Waals surface area contributed by atoms with Gasteiger partial charge in [0.15, 0.2) is 0 Å². The summed E-state index contributed by atoms with van der Waals surface area (Å²) in [6.45, 7) is 3.56. The van der Waals surface area contributed by atoms with Crippen molar-refractivity contribution in [2.45, 2.75) is 70.1 Å². The van der Waals surface area contributed by atoms with Gasteiger partial charge in [0, 0.05) is 13.0 Å². The number of hydrogen-bond donors (Lipinski definition) is 2. The van der Waals surface area contributed by atoms with Crippen molar-refractivity contribution in [3.8, 4) is 5.75 Å². The topological polar surface area (TPSA) is 124 Å². The summed E-state index contributed by atoms with van der Waals surface area (Å²) in [5, 5.41) is 9.49. The Kier molecular flexibility index (Phi) is 11.7. The zero-order valence-corrected chi connectivity index (χ0v) is 28.8. The molecule has 0 aliphatic carbocycles. The molecule has 0 saturated heterocycles. The summed E-state index contributed by atoms with van der Waals surface area (Å²) >= 11 is 0. The first-order valence-electron chi connectivity index (χ1n) is 16.0. The maximum atomic E-state index is 14.1. The zero-order valence-electron chi connectivity index (χ0n) is 28.8.